The Hall–Kier alpha value is -1.51. The second-order valence-electron chi connectivity index (χ2n) is 4.22. The number of benzene rings is 1. The lowest BCUT2D eigenvalue weighted by molar-refractivity contribution is -0.142. The van der Waals surface area contributed by atoms with Crippen LogP contribution in [0.3, 0.4) is 0 Å². The Morgan fingerprint density at radius 2 is 2.12 bits per heavy atom. The minimum Gasteiger partial charge on any atom is -0.496 e. The standard InChI is InChI=1S/C13H16O3/c1-8-4-5-9(12(6-8)15-2)10-7-11(10)13(14)16-3/h4-6,10-11H,7H2,1-3H3. The summed E-state index contributed by atoms with van der Waals surface area (Å²) in [7, 11) is 3.10. The molecule has 0 aliphatic heterocycles. The molecule has 2 unspecified atom stereocenters. The number of ether oxygens (including phenoxy) is 2. The van der Waals surface area contributed by atoms with E-state index in [1.54, 1.807) is 7.11 Å². The lowest BCUT2D eigenvalue weighted by atomic mass is 10.1. The fourth-order valence-corrected chi connectivity index (χ4v) is 2.08. The zero-order valence-corrected chi connectivity index (χ0v) is 9.82. The van der Waals surface area contributed by atoms with Gasteiger partial charge in [-0.15, -0.1) is 0 Å². The molecule has 0 saturated heterocycles. The Labute approximate surface area is 95.4 Å². The third-order valence-electron chi connectivity index (χ3n) is 3.08. The van der Waals surface area contributed by atoms with Crippen molar-refractivity contribution in [1.29, 1.82) is 0 Å². The van der Waals surface area contributed by atoms with E-state index in [4.69, 9.17) is 9.47 Å². The number of esters is 1. The largest absolute Gasteiger partial charge is 0.496 e. The Bertz CT molecular complexity index is 412. The summed E-state index contributed by atoms with van der Waals surface area (Å²) in [5.41, 5.74) is 2.28. The highest BCUT2D eigenvalue weighted by Crippen LogP contribution is 2.50. The van der Waals surface area contributed by atoms with Gasteiger partial charge in [-0.2, -0.15) is 0 Å². The first-order valence-electron chi connectivity index (χ1n) is 5.39. The molecule has 0 heterocycles. The zero-order valence-electron chi connectivity index (χ0n) is 9.82. The topological polar surface area (TPSA) is 35.5 Å². The molecule has 1 aliphatic carbocycles. The van der Waals surface area contributed by atoms with E-state index >= 15 is 0 Å². The van der Waals surface area contributed by atoms with Crippen LogP contribution in [0.4, 0.5) is 0 Å². The molecule has 0 radical (unpaired) electrons. The predicted molar refractivity (Wildman–Crippen MR) is 60.6 cm³/mol. The van der Waals surface area contributed by atoms with E-state index < -0.39 is 0 Å². The monoisotopic (exact) mass is 220 g/mol. The summed E-state index contributed by atoms with van der Waals surface area (Å²) in [6.07, 6.45) is 0.867. The number of hydrogen-bond acceptors (Lipinski definition) is 3. The second-order valence-corrected chi connectivity index (χ2v) is 4.22. The summed E-state index contributed by atoms with van der Waals surface area (Å²) in [5, 5.41) is 0. The maximum Gasteiger partial charge on any atom is 0.309 e. The van der Waals surface area contributed by atoms with Crippen LogP contribution in [0.2, 0.25) is 0 Å². The van der Waals surface area contributed by atoms with Gasteiger partial charge in [-0.05, 0) is 30.5 Å². The van der Waals surface area contributed by atoms with Crippen molar-refractivity contribution in [2.45, 2.75) is 19.3 Å². The molecule has 1 aliphatic rings. The molecule has 3 heteroatoms. The van der Waals surface area contributed by atoms with E-state index in [1.807, 2.05) is 25.1 Å². The van der Waals surface area contributed by atoms with E-state index in [1.165, 1.54) is 7.11 Å². The van der Waals surface area contributed by atoms with Gasteiger partial charge in [0.25, 0.3) is 0 Å². The van der Waals surface area contributed by atoms with E-state index in [0.29, 0.717) is 0 Å². The van der Waals surface area contributed by atoms with Crippen LogP contribution in [0.25, 0.3) is 0 Å². The lowest BCUT2D eigenvalue weighted by Crippen LogP contribution is -2.04. The van der Waals surface area contributed by atoms with Gasteiger partial charge in [-0.3, -0.25) is 4.79 Å². The number of aryl methyl sites for hydroxylation is 1. The maximum absolute atomic E-state index is 11.4. The minimum atomic E-state index is -0.118. The predicted octanol–water partition coefficient (Wildman–Crippen LogP) is 2.28. The van der Waals surface area contributed by atoms with Crippen LogP contribution in [0, 0.1) is 12.8 Å². The fraction of sp³-hybridized carbons (Fsp3) is 0.462. The summed E-state index contributed by atoms with van der Waals surface area (Å²) < 4.78 is 10.1. The Balaban J connectivity index is 2.20. The number of carbonyl (C=O) groups excluding carboxylic acids is 1. The van der Waals surface area contributed by atoms with Crippen molar-refractivity contribution in [3.05, 3.63) is 29.3 Å². The van der Waals surface area contributed by atoms with Crippen molar-refractivity contribution in [2.24, 2.45) is 5.92 Å². The highest BCUT2D eigenvalue weighted by Gasteiger charge is 2.46. The van der Waals surface area contributed by atoms with Crippen LogP contribution in [0.15, 0.2) is 18.2 Å². The van der Waals surface area contributed by atoms with Gasteiger partial charge in [-0.25, -0.2) is 0 Å². The molecule has 1 aromatic carbocycles. The molecule has 0 N–H and O–H groups in total. The quantitative estimate of drug-likeness (QED) is 0.733. The van der Waals surface area contributed by atoms with Gasteiger partial charge in [0.1, 0.15) is 5.75 Å². The van der Waals surface area contributed by atoms with E-state index in [2.05, 4.69) is 0 Å². The molecule has 3 nitrogen and oxygen atoms in total. The van der Waals surface area contributed by atoms with Crippen LogP contribution in [-0.4, -0.2) is 20.2 Å². The number of methoxy groups -OCH3 is 2. The van der Waals surface area contributed by atoms with Gasteiger partial charge in [0.15, 0.2) is 0 Å². The molecule has 86 valence electrons. The van der Waals surface area contributed by atoms with Crippen molar-refractivity contribution < 1.29 is 14.3 Å². The van der Waals surface area contributed by atoms with Crippen LogP contribution < -0.4 is 4.74 Å². The van der Waals surface area contributed by atoms with E-state index in [-0.39, 0.29) is 17.8 Å². The molecule has 16 heavy (non-hydrogen) atoms. The van der Waals surface area contributed by atoms with Gasteiger partial charge in [-0.1, -0.05) is 12.1 Å². The summed E-state index contributed by atoms with van der Waals surface area (Å²) in [6.45, 7) is 2.02. The molecule has 0 aromatic heterocycles. The summed E-state index contributed by atoms with van der Waals surface area (Å²) in [6, 6.07) is 6.09. The van der Waals surface area contributed by atoms with Gasteiger partial charge < -0.3 is 9.47 Å². The Kier molecular flexibility index (Phi) is 2.86. The maximum atomic E-state index is 11.4. The highest BCUT2D eigenvalue weighted by molar-refractivity contribution is 5.77. The van der Waals surface area contributed by atoms with E-state index in [0.717, 1.165) is 23.3 Å². The first kappa shape index (κ1) is 11.0. The van der Waals surface area contributed by atoms with Crippen molar-refractivity contribution in [3.63, 3.8) is 0 Å². The van der Waals surface area contributed by atoms with Crippen molar-refractivity contribution in [3.8, 4) is 5.75 Å². The number of hydrogen-bond donors (Lipinski definition) is 0. The molecule has 0 bridgehead atoms. The Morgan fingerprint density at radius 1 is 1.38 bits per heavy atom. The molecule has 0 spiro atoms. The first-order valence-corrected chi connectivity index (χ1v) is 5.39. The van der Waals surface area contributed by atoms with Crippen molar-refractivity contribution in [1.82, 2.24) is 0 Å². The highest BCUT2D eigenvalue weighted by atomic mass is 16.5. The second kappa shape index (κ2) is 4.16. The minimum absolute atomic E-state index is 0.0154. The van der Waals surface area contributed by atoms with Crippen LogP contribution >= 0.6 is 0 Å². The van der Waals surface area contributed by atoms with E-state index in [9.17, 15) is 4.79 Å². The number of carbonyl (C=O) groups is 1. The summed E-state index contributed by atoms with van der Waals surface area (Å²) in [4.78, 5) is 11.4. The molecule has 2 atom stereocenters. The SMILES string of the molecule is COC(=O)C1CC1c1ccc(C)cc1OC. The molecule has 2 rings (SSSR count). The molecule has 1 saturated carbocycles. The zero-order chi connectivity index (χ0) is 11.7. The first-order chi connectivity index (χ1) is 7.67. The lowest BCUT2D eigenvalue weighted by Gasteiger charge is -2.08. The third kappa shape index (κ3) is 1.90. The fourth-order valence-electron chi connectivity index (χ4n) is 2.08. The normalized spacial score (nSPS) is 22.7. The van der Waals surface area contributed by atoms with Gasteiger partial charge >= 0.3 is 5.97 Å². The van der Waals surface area contributed by atoms with Crippen LogP contribution in [-0.2, 0) is 9.53 Å². The Morgan fingerprint density at radius 3 is 2.75 bits per heavy atom. The molecule has 1 fully saturated rings. The molecular formula is C13H16O3. The van der Waals surface area contributed by atoms with Gasteiger partial charge in [0.05, 0.1) is 20.1 Å². The van der Waals surface area contributed by atoms with Crippen molar-refractivity contribution >= 4 is 5.97 Å². The summed E-state index contributed by atoms with van der Waals surface area (Å²) in [5.74, 6) is 1.04. The van der Waals surface area contributed by atoms with Gasteiger partial charge in [0, 0.05) is 5.92 Å². The average Bonchev–Trinajstić information content (AvgIpc) is 3.07. The van der Waals surface area contributed by atoms with Gasteiger partial charge in [0.2, 0.25) is 0 Å². The molecule has 0 amide bonds. The number of rotatable bonds is 3. The molecular weight excluding hydrogens is 204 g/mol. The van der Waals surface area contributed by atoms with Crippen LogP contribution in [0.1, 0.15) is 23.5 Å². The average molecular weight is 220 g/mol. The van der Waals surface area contributed by atoms with Crippen molar-refractivity contribution in [2.75, 3.05) is 14.2 Å². The summed E-state index contributed by atoms with van der Waals surface area (Å²) >= 11 is 0. The van der Waals surface area contributed by atoms with Crippen LogP contribution in [0.5, 0.6) is 5.75 Å². The molecule has 1 aromatic rings. The third-order valence-corrected chi connectivity index (χ3v) is 3.08. The smallest absolute Gasteiger partial charge is 0.309 e.